The molecule has 3 atom stereocenters. The minimum atomic E-state index is -0.931. The molecule has 0 amide bonds. The van der Waals surface area contributed by atoms with Crippen LogP contribution < -0.4 is 70.4 Å². The van der Waals surface area contributed by atoms with Gasteiger partial charge in [0.05, 0.1) is 0 Å². The van der Waals surface area contributed by atoms with Gasteiger partial charge in [-0.1, -0.05) is 0 Å². The Balaban J connectivity index is 0.00000199. The number of halogens is 3. The molecule has 1 aromatic carbocycles. The maximum absolute atomic E-state index is 9.42. The molecule has 1 saturated heterocycles. The van der Waals surface area contributed by atoms with Crippen molar-refractivity contribution >= 4 is 26.0 Å². The molecule has 1 fully saturated rings. The fourth-order valence-electron chi connectivity index (χ4n) is 2.93. The predicted octanol–water partition coefficient (Wildman–Crippen LogP) is -4.95. The Morgan fingerprint density at radius 1 is 1.29 bits per heavy atom. The molecular formula is C17H30I3MnN9O4. The van der Waals surface area contributed by atoms with E-state index in [0.29, 0.717) is 25.3 Å². The number of rotatable bonds is 13. The number of nitrogens with zero attached hydrogens (tertiary/aromatic N) is 5. The Hall–Kier alpha value is 0.569. The van der Waals surface area contributed by atoms with Gasteiger partial charge < -0.3 is 0 Å². The first kappa shape index (κ1) is 30.8. The van der Waals surface area contributed by atoms with Crippen molar-refractivity contribution in [2.75, 3.05) is 23.3 Å². The molecule has 1 aromatic rings. The number of hydroxylamine groups is 2. The summed E-state index contributed by atoms with van der Waals surface area (Å²) in [5.74, 6) is 0.557. The quantitative estimate of drug-likeness (QED) is 0.0325. The minimum absolute atomic E-state index is 0.0596. The number of nitrogens with one attached hydrogen (secondary N) is 2. The number of quaternary nitrogens is 1. The topological polar surface area (TPSA) is 140 Å². The predicted molar refractivity (Wildman–Crippen MR) is 121 cm³/mol. The van der Waals surface area contributed by atoms with Crippen molar-refractivity contribution in [1.29, 1.82) is 0 Å². The summed E-state index contributed by atoms with van der Waals surface area (Å²) >= 11 is 3.11. The van der Waals surface area contributed by atoms with E-state index >= 15 is 0 Å². The fraction of sp³-hybridized carbons (Fsp3) is 0.412. The van der Waals surface area contributed by atoms with E-state index in [4.69, 9.17) is 22.5 Å². The zero-order valence-electron chi connectivity index (χ0n) is 18.8. The number of allylic oxidation sites excluding steroid dienone is 2. The summed E-state index contributed by atoms with van der Waals surface area (Å²) in [5, 5.41) is 11.9. The van der Waals surface area contributed by atoms with Gasteiger partial charge in [0.1, 0.15) is 0 Å². The van der Waals surface area contributed by atoms with Gasteiger partial charge in [-0.2, -0.15) is 0 Å². The van der Waals surface area contributed by atoms with Gasteiger partial charge in [-0.3, -0.25) is 0 Å². The molecule has 0 radical (unpaired) electrons. The van der Waals surface area contributed by atoms with Crippen molar-refractivity contribution in [2.24, 2.45) is 7.89 Å². The van der Waals surface area contributed by atoms with Gasteiger partial charge in [0.15, 0.2) is 0 Å². The second kappa shape index (κ2) is 15.7. The third-order valence-electron chi connectivity index (χ3n) is 4.65. The molecule has 0 bridgehead atoms. The average molecular weight is 860 g/mol. The van der Waals surface area contributed by atoms with E-state index < -0.39 is 43.5 Å². The first-order chi connectivity index (χ1) is 16.5. The number of nitrogens with two attached hydrogens (primary N) is 2. The zero-order chi connectivity index (χ0) is 25.1. The van der Waals surface area contributed by atoms with Gasteiger partial charge in [-0.05, 0) is 0 Å². The number of hydrogen-bond donors (Lipinski definition) is 5. The van der Waals surface area contributed by atoms with E-state index in [2.05, 4.69) is 33.0 Å². The molecule has 0 spiro atoms. The third kappa shape index (κ3) is 7.79. The van der Waals surface area contributed by atoms with Crippen LogP contribution in [0.4, 0.5) is 5.69 Å². The van der Waals surface area contributed by atoms with Crippen molar-refractivity contribution in [2.45, 2.75) is 26.4 Å². The Bertz CT molecular complexity index is 813. The van der Waals surface area contributed by atoms with E-state index in [1.165, 1.54) is 0 Å². The SMILES string of the molecule is CCN(O)NOc1ccc(N([I-]N)C2=CC=CCC2ON([I-]N)[N+]2(CC)ON2NC)cc1.[Mn+][I]. The molecule has 7 N–H and O–H groups in total. The van der Waals surface area contributed by atoms with Gasteiger partial charge in [0, 0.05) is 0 Å². The molecule has 1 aliphatic carbocycles. The van der Waals surface area contributed by atoms with Crippen LogP contribution in [-0.2, 0) is 22.5 Å². The van der Waals surface area contributed by atoms with Crippen LogP contribution in [0.25, 0.3) is 0 Å². The summed E-state index contributed by atoms with van der Waals surface area (Å²) in [7, 11) is 1.78. The monoisotopic (exact) mass is 860 g/mol. The normalized spacial score (nSPS) is 23.6. The standard InChI is InChI=1S/C17H30I2N9O4.HI.Mn/c1-4-24(29)23-30-15-12-10-14(11-13-15)25(18-20)16-8-6-7-9-17(16)31-26(19-21)28(5-2)27(22-3)32-28;;/h6-8,10-13,17,22-23,29H,4-5,9,20-21H2,1-3H3;1H;/q-1;;+2/p-1. The Labute approximate surface area is 241 Å². The van der Waals surface area contributed by atoms with Crippen LogP contribution >= 0.6 is 20.3 Å². The van der Waals surface area contributed by atoms with Crippen molar-refractivity contribution < 1.29 is 81.0 Å². The molecule has 195 valence electrons. The van der Waals surface area contributed by atoms with Crippen LogP contribution in [0.5, 0.6) is 5.75 Å². The molecule has 17 heteroatoms. The van der Waals surface area contributed by atoms with E-state index in [0.717, 1.165) is 16.6 Å². The van der Waals surface area contributed by atoms with Crippen molar-refractivity contribution in [1.82, 2.24) is 24.9 Å². The van der Waals surface area contributed by atoms with E-state index in [-0.39, 0.29) is 11.0 Å². The Morgan fingerprint density at radius 2 is 2.00 bits per heavy atom. The Kier molecular flexibility index (Phi) is 14.3. The number of hydrazine groups is 2. The average Bonchev–Trinajstić information content (AvgIpc) is 3.63. The van der Waals surface area contributed by atoms with E-state index in [1.807, 2.05) is 51.6 Å². The molecule has 3 rings (SSSR count). The molecule has 1 aliphatic heterocycles. The summed E-state index contributed by atoms with van der Waals surface area (Å²) < 4.78 is 16.1. The molecule has 0 saturated carbocycles. The van der Waals surface area contributed by atoms with Crippen LogP contribution in [0.15, 0.2) is 48.2 Å². The first-order valence-corrected chi connectivity index (χ1v) is 18.3. The maximum atomic E-state index is 9.42. The van der Waals surface area contributed by atoms with Gasteiger partial charge >= 0.3 is 243 Å². The van der Waals surface area contributed by atoms with E-state index in [9.17, 15) is 5.21 Å². The molecule has 0 aromatic heterocycles. The zero-order valence-corrected chi connectivity index (χ0v) is 26.5. The van der Waals surface area contributed by atoms with Crippen molar-refractivity contribution in [3.8, 4) is 5.75 Å². The Morgan fingerprint density at radius 3 is 2.53 bits per heavy atom. The number of anilines is 1. The summed E-state index contributed by atoms with van der Waals surface area (Å²) in [5.41, 5.74) is 7.27. The molecule has 13 nitrogen and oxygen atoms in total. The van der Waals surface area contributed by atoms with Crippen LogP contribution in [0, 0.1) is 0 Å². The van der Waals surface area contributed by atoms with Crippen LogP contribution in [0.1, 0.15) is 20.3 Å². The van der Waals surface area contributed by atoms with Crippen molar-refractivity contribution in [3.05, 3.63) is 48.2 Å². The summed E-state index contributed by atoms with van der Waals surface area (Å²) in [6, 6.07) is 7.43. The number of benzene rings is 1. The van der Waals surface area contributed by atoms with Crippen molar-refractivity contribution in [3.63, 3.8) is 0 Å². The van der Waals surface area contributed by atoms with Crippen LogP contribution in [-0.4, -0.2) is 50.2 Å². The van der Waals surface area contributed by atoms with Crippen LogP contribution in [0.2, 0.25) is 0 Å². The second-order valence-electron chi connectivity index (χ2n) is 6.51. The van der Waals surface area contributed by atoms with Gasteiger partial charge in [0.25, 0.3) is 0 Å². The molecular weight excluding hydrogens is 830 g/mol. The van der Waals surface area contributed by atoms with Crippen LogP contribution in [0.3, 0.4) is 0 Å². The molecule has 3 unspecified atom stereocenters. The summed E-state index contributed by atoms with van der Waals surface area (Å²) in [4.78, 5) is 17.4. The molecule has 34 heavy (non-hydrogen) atoms. The summed E-state index contributed by atoms with van der Waals surface area (Å²) in [6.45, 7) is 4.79. The fourth-order valence-corrected chi connectivity index (χ4v) is 5.72. The van der Waals surface area contributed by atoms with Gasteiger partial charge in [-0.25, -0.2) is 0 Å². The van der Waals surface area contributed by atoms with Gasteiger partial charge in [-0.15, -0.1) is 0 Å². The van der Waals surface area contributed by atoms with E-state index in [1.54, 1.807) is 34.8 Å². The molecule has 2 aliphatic rings. The van der Waals surface area contributed by atoms with Gasteiger partial charge in [0.2, 0.25) is 0 Å². The number of hydrogen-bond acceptors (Lipinski definition) is 12. The molecule has 1 heterocycles. The first-order valence-electron chi connectivity index (χ1n) is 10.0. The third-order valence-corrected chi connectivity index (χ3v) is 7.70. The summed E-state index contributed by atoms with van der Waals surface area (Å²) in [6.07, 6.45) is 6.49. The second-order valence-corrected chi connectivity index (χ2v) is 9.42.